The molecular weight excluding hydrogens is 735 g/mol. The minimum atomic E-state index is -4.03. The van der Waals surface area contributed by atoms with Crippen LogP contribution in [0.4, 0.5) is 10.5 Å². The summed E-state index contributed by atoms with van der Waals surface area (Å²) >= 11 is 0. The molecule has 0 bridgehead atoms. The second-order valence-corrected chi connectivity index (χ2v) is 23.7. The minimum Gasteiger partial charge on any atom is -0.529 e. The second kappa shape index (κ2) is 14.6. The Hall–Kier alpha value is -4.87. The fraction of sp³-hybridized carbons (Fsp3) is 0.378. The molecule has 56 heavy (non-hydrogen) atoms. The van der Waals surface area contributed by atoms with Gasteiger partial charge in [-0.1, -0.05) is 125 Å². The van der Waals surface area contributed by atoms with Crippen LogP contribution in [0.25, 0.3) is 0 Å². The van der Waals surface area contributed by atoms with Crippen LogP contribution in [0.1, 0.15) is 79.5 Å². The quantitative estimate of drug-likeness (QED) is 0.114. The number of ether oxygens (including phenoxy) is 1. The third kappa shape index (κ3) is 6.82. The van der Waals surface area contributed by atoms with Crippen molar-refractivity contribution in [2.24, 2.45) is 10.3 Å². The molecule has 4 aromatic carbocycles. The molecule has 1 aliphatic heterocycles. The van der Waals surface area contributed by atoms with E-state index in [0.717, 1.165) is 60.9 Å². The molecule has 2 aliphatic carbocycles. The van der Waals surface area contributed by atoms with Crippen molar-refractivity contribution in [2.45, 2.75) is 101 Å². The van der Waals surface area contributed by atoms with Crippen LogP contribution in [-0.2, 0) is 47.7 Å². The van der Waals surface area contributed by atoms with E-state index in [4.69, 9.17) is 18.6 Å². The smallest absolute Gasteiger partial charge is 0.331 e. The van der Waals surface area contributed by atoms with Gasteiger partial charge < -0.3 is 14.5 Å². The Labute approximate surface area is 332 Å². The number of fused-ring (bicyclic) bond motifs is 3. The van der Waals surface area contributed by atoms with Crippen molar-refractivity contribution in [1.82, 2.24) is 14.5 Å². The molecule has 292 valence electrons. The Morgan fingerprint density at radius 3 is 1.88 bits per heavy atom. The Morgan fingerprint density at radius 1 is 0.857 bits per heavy atom. The summed E-state index contributed by atoms with van der Waals surface area (Å²) in [5, 5.41) is 8.04. The summed E-state index contributed by atoms with van der Waals surface area (Å²) in [7, 11) is -6.62. The molecule has 5 aromatic rings. The number of carbonyl (C=O) groups is 1. The Balaban J connectivity index is 1.41. The predicted molar refractivity (Wildman–Crippen MR) is 225 cm³/mol. The van der Waals surface area contributed by atoms with Gasteiger partial charge in [-0.3, -0.25) is 0 Å². The maximum Gasteiger partial charge on any atom is 0.331 e. The molecule has 2 heterocycles. The number of aromatic nitrogens is 2. The van der Waals surface area contributed by atoms with Crippen LogP contribution in [-0.4, -0.2) is 34.9 Å². The molecule has 0 fully saturated rings. The molecule has 9 nitrogen and oxygen atoms in total. The van der Waals surface area contributed by atoms with Gasteiger partial charge in [-0.2, -0.15) is 4.36 Å². The van der Waals surface area contributed by atoms with Gasteiger partial charge >= 0.3 is 6.03 Å². The molecule has 2 N–H and O–H groups in total. The SMILES string of the molecule is CC1COc2c(S(=O)(=NC(c3ccccc3)(c3ccccc3)c3ccccc3)NC(=O)Nc3c4c(cc5c3CCC5)CCC4)c(O[Si](C)(C)C(C)(C)C)nn2C1. The molecule has 3 aliphatic rings. The third-order valence-electron chi connectivity index (χ3n) is 12.0. The van der Waals surface area contributed by atoms with Crippen molar-refractivity contribution in [3.05, 3.63) is 136 Å². The number of carbonyl (C=O) groups excluding carboxylic acids is 1. The van der Waals surface area contributed by atoms with Crippen molar-refractivity contribution in [3.63, 3.8) is 0 Å². The molecule has 2 amide bonds. The summed E-state index contributed by atoms with van der Waals surface area (Å²) in [6.45, 7) is 13.8. The van der Waals surface area contributed by atoms with Gasteiger partial charge in [0.2, 0.25) is 11.8 Å². The molecular formula is C45H53N5O4SSi. The number of nitrogens with zero attached hydrogens (tertiary/aromatic N) is 3. The van der Waals surface area contributed by atoms with E-state index in [1.54, 1.807) is 4.68 Å². The molecule has 2 unspecified atom stereocenters. The number of hydrogen-bond donors (Lipinski definition) is 2. The molecule has 0 saturated carbocycles. The first-order chi connectivity index (χ1) is 26.8. The van der Waals surface area contributed by atoms with E-state index in [2.05, 4.69) is 56.9 Å². The summed E-state index contributed by atoms with van der Waals surface area (Å²) in [5.74, 6) is 0.634. The Bertz CT molecular complexity index is 2250. The highest BCUT2D eigenvalue weighted by Crippen LogP contribution is 2.47. The predicted octanol–water partition coefficient (Wildman–Crippen LogP) is 9.83. The van der Waals surface area contributed by atoms with E-state index < -0.39 is 29.8 Å². The first-order valence-corrected chi connectivity index (χ1v) is 24.3. The van der Waals surface area contributed by atoms with Gasteiger partial charge in [0.25, 0.3) is 8.32 Å². The maximum atomic E-state index is 16.8. The van der Waals surface area contributed by atoms with E-state index in [-0.39, 0.29) is 21.7 Å². The second-order valence-electron chi connectivity index (χ2n) is 17.1. The summed E-state index contributed by atoms with van der Waals surface area (Å²) < 4.78 is 40.6. The standard InChI is InChI=1S/C45H53N5O4SSi/c1-31-29-50-42(53-30-31)40(41(47-50)54-56(5,6)44(2,3)4)55(52,48-43(51)46-39-37-26-16-18-32(37)28-33-19-17-27-38(33)39)49-45(34-20-10-7-11-21-34,35-22-12-8-13-23-35)36-24-14-9-15-25-36/h7-15,20-25,28,31H,16-19,26-27,29-30H2,1-6H3,(H2,46,48,49,51,52). The lowest BCUT2D eigenvalue weighted by atomic mass is 9.78. The van der Waals surface area contributed by atoms with Crippen LogP contribution in [0.2, 0.25) is 18.1 Å². The molecule has 11 heteroatoms. The molecule has 2 atom stereocenters. The topological polar surface area (TPSA) is 107 Å². The number of nitrogens with one attached hydrogen (secondary N) is 2. The van der Waals surface area contributed by atoms with Gasteiger partial charge in [0, 0.05) is 11.6 Å². The highest BCUT2D eigenvalue weighted by molar-refractivity contribution is 7.92. The molecule has 1 aromatic heterocycles. The summed E-state index contributed by atoms with van der Waals surface area (Å²) in [5.41, 5.74) is 6.80. The van der Waals surface area contributed by atoms with Crippen LogP contribution < -0.4 is 19.2 Å². The third-order valence-corrected chi connectivity index (χ3v) is 18.3. The van der Waals surface area contributed by atoms with Crippen LogP contribution in [0.5, 0.6) is 11.8 Å². The van der Waals surface area contributed by atoms with Crippen LogP contribution in [0.15, 0.2) is 106 Å². The number of anilines is 1. The summed E-state index contributed by atoms with van der Waals surface area (Å²) in [6.07, 6.45) is 5.85. The van der Waals surface area contributed by atoms with Crippen LogP contribution in [0, 0.1) is 5.92 Å². The first kappa shape index (κ1) is 38.0. The number of amides is 2. The molecule has 0 spiro atoms. The van der Waals surface area contributed by atoms with Gasteiger partial charge in [0.15, 0.2) is 14.8 Å². The lowest BCUT2D eigenvalue weighted by Crippen LogP contribution is -2.44. The number of aryl methyl sites for hydroxylation is 2. The van der Waals surface area contributed by atoms with Crippen molar-refractivity contribution in [2.75, 3.05) is 11.9 Å². The average molecular weight is 788 g/mol. The van der Waals surface area contributed by atoms with Crippen molar-refractivity contribution in [1.29, 1.82) is 0 Å². The summed E-state index contributed by atoms with van der Waals surface area (Å²) in [6, 6.07) is 31.4. The minimum absolute atomic E-state index is 0.152. The van der Waals surface area contributed by atoms with E-state index in [0.29, 0.717) is 19.0 Å². The normalized spacial score (nSPS) is 17.5. The Kier molecular flexibility index (Phi) is 9.89. The van der Waals surface area contributed by atoms with E-state index in [1.807, 2.05) is 91.0 Å². The zero-order valence-electron chi connectivity index (χ0n) is 33.4. The fourth-order valence-electron chi connectivity index (χ4n) is 8.18. The van der Waals surface area contributed by atoms with Gasteiger partial charge in [0.05, 0.1) is 13.2 Å². The number of benzene rings is 4. The fourth-order valence-corrected chi connectivity index (χ4v) is 11.2. The van der Waals surface area contributed by atoms with Crippen LogP contribution >= 0.6 is 0 Å². The van der Waals surface area contributed by atoms with Gasteiger partial charge in [0.1, 0.15) is 5.54 Å². The monoisotopic (exact) mass is 787 g/mol. The van der Waals surface area contributed by atoms with Gasteiger partial charge in [-0.05, 0) is 95.6 Å². The lowest BCUT2D eigenvalue weighted by molar-refractivity contribution is 0.170. The van der Waals surface area contributed by atoms with Crippen LogP contribution in [0.3, 0.4) is 0 Å². The average Bonchev–Trinajstić information content (AvgIpc) is 3.93. The molecule has 0 radical (unpaired) electrons. The largest absolute Gasteiger partial charge is 0.529 e. The van der Waals surface area contributed by atoms with Gasteiger partial charge in [-0.15, -0.1) is 5.10 Å². The van der Waals surface area contributed by atoms with E-state index in [1.165, 1.54) is 22.3 Å². The van der Waals surface area contributed by atoms with E-state index >= 15 is 4.21 Å². The zero-order chi connectivity index (χ0) is 39.3. The zero-order valence-corrected chi connectivity index (χ0v) is 35.2. The highest BCUT2D eigenvalue weighted by atomic mass is 32.2. The first-order valence-electron chi connectivity index (χ1n) is 19.9. The number of urea groups is 1. The summed E-state index contributed by atoms with van der Waals surface area (Å²) in [4.78, 5) is 15.0. The highest BCUT2D eigenvalue weighted by Gasteiger charge is 2.46. The van der Waals surface area contributed by atoms with Crippen molar-refractivity contribution >= 4 is 30.0 Å². The number of rotatable bonds is 9. The maximum absolute atomic E-state index is 16.8. The van der Waals surface area contributed by atoms with E-state index in [9.17, 15) is 4.79 Å². The Morgan fingerprint density at radius 2 is 1.38 bits per heavy atom. The van der Waals surface area contributed by atoms with Crippen molar-refractivity contribution < 1.29 is 18.2 Å². The van der Waals surface area contributed by atoms with Crippen molar-refractivity contribution in [3.8, 4) is 11.8 Å². The van der Waals surface area contributed by atoms with Gasteiger partial charge in [-0.25, -0.2) is 18.4 Å². The molecule has 8 rings (SSSR count). The molecule has 0 saturated heterocycles. The lowest BCUT2D eigenvalue weighted by Gasteiger charge is -2.36. The number of hydrogen-bond acceptors (Lipinski definition) is 6.